The molecule has 1 aromatic carbocycles. The third kappa shape index (κ3) is 5.82. The topological polar surface area (TPSA) is 98.5 Å². The first-order valence-electron chi connectivity index (χ1n) is 5.94. The van der Waals surface area contributed by atoms with E-state index < -0.39 is 10.0 Å². The summed E-state index contributed by atoms with van der Waals surface area (Å²) in [6.45, 7) is 3.08. The average Bonchev–Trinajstić information content (AvgIpc) is 2.34. The maximum absolute atomic E-state index is 11.5. The van der Waals surface area contributed by atoms with Crippen LogP contribution in [0, 0.1) is 0 Å². The Hall–Kier alpha value is -1.44. The Morgan fingerprint density at radius 1 is 1.32 bits per heavy atom. The highest BCUT2D eigenvalue weighted by Gasteiger charge is 2.07. The normalized spacial score (nSPS) is 11.3. The first kappa shape index (κ1) is 15.6. The maximum atomic E-state index is 11.5. The number of nitrogens with one attached hydrogen (secondary N) is 1. The zero-order chi connectivity index (χ0) is 14.3. The van der Waals surface area contributed by atoms with Crippen molar-refractivity contribution in [3.63, 3.8) is 0 Å². The monoisotopic (exact) mass is 286 g/mol. The highest BCUT2D eigenvalue weighted by molar-refractivity contribution is 7.89. The molecule has 0 saturated carbocycles. The van der Waals surface area contributed by atoms with Gasteiger partial charge in [-0.15, -0.1) is 0 Å². The summed E-state index contributed by atoms with van der Waals surface area (Å²) in [5, 5.41) is 7.64. The van der Waals surface area contributed by atoms with Gasteiger partial charge in [-0.3, -0.25) is 4.79 Å². The van der Waals surface area contributed by atoms with Gasteiger partial charge in [0.05, 0.1) is 4.90 Å². The molecule has 0 aliphatic rings. The molecule has 1 rings (SSSR count). The van der Waals surface area contributed by atoms with Crippen LogP contribution in [-0.4, -0.2) is 27.5 Å². The van der Waals surface area contributed by atoms with Crippen molar-refractivity contribution in [2.75, 3.05) is 18.5 Å². The predicted octanol–water partition coefficient (Wildman–Crippen LogP) is 1.09. The van der Waals surface area contributed by atoms with Crippen molar-refractivity contribution in [2.24, 2.45) is 5.14 Å². The number of primary sulfonamides is 1. The van der Waals surface area contributed by atoms with Crippen molar-refractivity contribution in [3.8, 4) is 0 Å². The van der Waals surface area contributed by atoms with Crippen LogP contribution in [0.5, 0.6) is 0 Å². The van der Waals surface area contributed by atoms with E-state index in [1.165, 1.54) is 24.3 Å². The van der Waals surface area contributed by atoms with Gasteiger partial charge in [0.1, 0.15) is 0 Å². The number of ether oxygens (including phenoxy) is 1. The second-order valence-corrected chi connectivity index (χ2v) is 5.48. The van der Waals surface area contributed by atoms with Gasteiger partial charge >= 0.3 is 0 Å². The fourth-order valence-electron chi connectivity index (χ4n) is 1.43. The molecule has 0 radical (unpaired) electrons. The van der Waals surface area contributed by atoms with E-state index in [4.69, 9.17) is 9.88 Å². The van der Waals surface area contributed by atoms with Crippen molar-refractivity contribution in [1.29, 1.82) is 0 Å². The van der Waals surface area contributed by atoms with Crippen LogP contribution >= 0.6 is 0 Å². The van der Waals surface area contributed by atoms with Crippen molar-refractivity contribution in [1.82, 2.24) is 0 Å². The van der Waals surface area contributed by atoms with Gasteiger partial charge in [0.25, 0.3) is 0 Å². The highest BCUT2D eigenvalue weighted by Crippen LogP contribution is 2.13. The van der Waals surface area contributed by atoms with E-state index in [0.717, 1.165) is 0 Å². The van der Waals surface area contributed by atoms with Crippen molar-refractivity contribution < 1.29 is 17.9 Å². The van der Waals surface area contributed by atoms with Crippen molar-refractivity contribution in [2.45, 2.75) is 24.7 Å². The Morgan fingerprint density at radius 3 is 2.47 bits per heavy atom. The lowest BCUT2D eigenvalue weighted by Crippen LogP contribution is -2.14. The van der Waals surface area contributed by atoms with E-state index in [2.05, 4.69) is 5.32 Å². The predicted molar refractivity (Wildman–Crippen MR) is 72.2 cm³/mol. The molecule has 19 heavy (non-hydrogen) atoms. The van der Waals surface area contributed by atoms with Crippen LogP contribution in [0.15, 0.2) is 29.2 Å². The lowest BCUT2D eigenvalue weighted by atomic mass is 10.2. The highest BCUT2D eigenvalue weighted by atomic mass is 32.2. The summed E-state index contributed by atoms with van der Waals surface area (Å²) in [5.41, 5.74) is 0.536. The molecule has 0 unspecified atom stereocenters. The average molecular weight is 286 g/mol. The molecule has 1 amide bonds. The van der Waals surface area contributed by atoms with Gasteiger partial charge in [-0.05, 0) is 37.6 Å². The van der Waals surface area contributed by atoms with Gasteiger partial charge in [-0.25, -0.2) is 13.6 Å². The third-order valence-electron chi connectivity index (χ3n) is 2.36. The molecule has 6 nitrogen and oxygen atoms in total. The molecule has 0 fully saturated rings. The summed E-state index contributed by atoms with van der Waals surface area (Å²) in [5.74, 6) is -0.136. The van der Waals surface area contributed by atoms with Gasteiger partial charge in [0.15, 0.2) is 0 Å². The summed E-state index contributed by atoms with van der Waals surface area (Å²) in [6, 6.07) is 5.71. The van der Waals surface area contributed by atoms with Crippen LogP contribution < -0.4 is 10.5 Å². The number of rotatable bonds is 7. The van der Waals surface area contributed by atoms with E-state index in [1.807, 2.05) is 6.92 Å². The molecule has 0 aliphatic heterocycles. The molecule has 0 aromatic heterocycles. The lowest BCUT2D eigenvalue weighted by Gasteiger charge is -2.06. The molecule has 3 N–H and O–H groups in total. The Morgan fingerprint density at radius 2 is 1.95 bits per heavy atom. The smallest absolute Gasteiger partial charge is 0.238 e. The second kappa shape index (κ2) is 7.22. The summed E-state index contributed by atoms with van der Waals surface area (Å²) in [4.78, 5) is 11.6. The molecule has 106 valence electrons. The van der Waals surface area contributed by atoms with Crippen molar-refractivity contribution >= 4 is 21.6 Å². The molecule has 0 heterocycles. The Kier molecular flexibility index (Phi) is 5.94. The zero-order valence-electron chi connectivity index (χ0n) is 10.8. The number of carbonyl (C=O) groups excluding carboxylic acids is 1. The number of anilines is 1. The van der Waals surface area contributed by atoms with E-state index in [1.54, 1.807) is 0 Å². The minimum absolute atomic E-state index is 0.0156. The number of hydrogen-bond donors (Lipinski definition) is 2. The number of nitrogens with two attached hydrogens (primary N) is 1. The largest absolute Gasteiger partial charge is 0.382 e. The fourth-order valence-corrected chi connectivity index (χ4v) is 1.95. The van der Waals surface area contributed by atoms with E-state index in [-0.39, 0.29) is 10.8 Å². The molecular weight excluding hydrogens is 268 g/mol. The first-order valence-corrected chi connectivity index (χ1v) is 7.48. The summed E-state index contributed by atoms with van der Waals surface area (Å²) >= 11 is 0. The van der Waals surface area contributed by atoms with Gasteiger partial charge < -0.3 is 10.1 Å². The van der Waals surface area contributed by atoms with Crippen LogP contribution in [0.3, 0.4) is 0 Å². The second-order valence-electron chi connectivity index (χ2n) is 3.92. The maximum Gasteiger partial charge on any atom is 0.238 e. The van der Waals surface area contributed by atoms with E-state index in [0.29, 0.717) is 31.7 Å². The van der Waals surface area contributed by atoms with E-state index >= 15 is 0 Å². The molecule has 1 aromatic rings. The zero-order valence-corrected chi connectivity index (χ0v) is 11.6. The van der Waals surface area contributed by atoms with Crippen molar-refractivity contribution in [3.05, 3.63) is 24.3 Å². The quantitative estimate of drug-likeness (QED) is 0.733. The third-order valence-corrected chi connectivity index (χ3v) is 3.29. The van der Waals surface area contributed by atoms with Crippen LogP contribution in [0.25, 0.3) is 0 Å². The summed E-state index contributed by atoms with van der Waals surface area (Å²) < 4.78 is 27.2. The Balaban J connectivity index is 2.47. The fraction of sp³-hybridized carbons (Fsp3) is 0.417. The first-order chi connectivity index (χ1) is 8.93. The van der Waals surface area contributed by atoms with Gasteiger partial charge in [0, 0.05) is 25.3 Å². The van der Waals surface area contributed by atoms with Gasteiger partial charge in [0.2, 0.25) is 15.9 Å². The Bertz CT molecular complexity index is 511. The van der Waals surface area contributed by atoms with Crippen LogP contribution in [0.1, 0.15) is 19.8 Å². The number of sulfonamides is 1. The Labute approximate surface area is 113 Å². The number of carbonyl (C=O) groups is 1. The molecule has 7 heteroatoms. The van der Waals surface area contributed by atoms with Gasteiger partial charge in [-0.1, -0.05) is 0 Å². The molecule has 0 atom stereocenters. The molecular formula is C12H18N2O4S. The standard InChI is InChI=1S/C12H18N2O4S/c1-2-18-9-3-4-12(15)14-10-5-7-11(8-6-10)19(13,16)17/h5-8H,2-4,9H2,1H3,(H,14,15)(H2,13,16,17). The van der Waals surface area contributed by atoms with E-state index in [9.17, 15) is 13.2 Å². The van der Waals surface area contributed by atoms with Crippen LogP contribution in [0.4, 0.5) is 5.69 Å². The molecule has 0 saturated heterocycles. The van der Waals surface area contributed by atoms with Crippen LogP contribution in [-0.2, 0) is 19.6 Å². The molecule has 0 bridgehead atoms. The van der Waals surface area contributed by atoms with Crippen LogP contribution in [0.2, 0.25) is 0 Å². The number of amides is 1. The minimum atomic E-state index is -3.70. The lowest BCUT2D eigenvalue weighted by molar-refractivity contribution is -0.116. The summed E-state index contributed by atoms with van der Waals surface area (Å²) in [6.07, 6.45) is 1.01. The molecule has 0 aliphatic carbocycles. The SMILES string of the molecule is CCOCCCC(=O)Nc1ccc(S(N)(=O)=O)cc1. The molecule has 0 spiro atoms. The number of hydrogen-bond acceptors (Lipinski definition) is 4. The van der Waals surface area contributed by atoms with Gasteiger partial charge in [-0.2, -0.15) is 0 Å². The number of benzene rings is 1. The minimum Gasteiger partial charge on any atom is -0.382 e. The summed E-state index contributed by atoms with van der Waals surface area (Å²) in [7, 11) is -3.70.